The summed E-state index contributed by atoms with van der Waals surface area (Å²) in [6.07, 6.45) is 0. The smallest absolute Gasteiger partial charge is 0.357 e. The first-order valence-electron chi connectivity index (χ1n) is 5.46. The molecule has 0 amide bonds. The average Bonchev–Trinajstić information content (AvgIpc) is 2.80. The minimum absolute atomic E-state index is 0.359. The number of esters is 1. The van der Waals surface area contributed by atoms with Gasteiger partial charge in [-0.05, 0) is 25.1 Å². The first-order chi connectivity index (χ1) is 9.06. The molecule has 0 N–H and O–H groups in total. The first kappa shape index (κ1) is 14.0. The van der Waals surface area contributed by atoms with Crippen molar-refractivity contribution in [1.29, 1.82) is 0 Å². The molecule has 4 nitrogen and oxygen atoms in total. The summed E-state index contributed by atoms with van der Waals surface area (Å²) >= 11 is 4.93. The SMILES string of the molecule is COC(=O)c1nc(-c2cc(OC)ccc2Br)sc1C. The molecule has 1 aromatic heterocycles. The molecule has 0 aliphatic carbocycles. The molecule has 0 radical (unpaired) electrons. The van der Waals surface area contributed by atoms with E-state index in [0.717, 1.165) is 25.7 Å². The minimum Gasteiger partial charge on any atom is -0.497 e. The molecular formula is C13H12BrNO3S. The Morgan fingerprint density at radius 3 is 2.74 bits per heavy atom. The first-order valence-corrected chi connectivity index (χ1v) is 7.07. The molecule has 2 aromatic rings. The van der Waals surface area contributed by atoms with E-state index in [1.54, 1.807) is 7.11 Å². The van der Waals surface area contributed by atoms with E-state index in [1.807, 2.05) is 25.1 Å². The number of halogens is 1. The molecule has 0 fully saturated rings. The molecule has 0 bridgehead atoms. The van der Waals surface area contributed by atoms with Gasteiger partial charge in [0.1, 0.15) is 10.8 Å². The highest BCUT2D eigenvalue weighted by Gasteiger charge is 2.18. The van der Waals surface area contributed by atoms with Crippen molar-refractivity contribution in [2.45, 2.75) is 6.92 Å². The molecule has 100 valence electrons. The summed E-state index contributed by atoms with van der Waals surface area (Å²) in [5.74, 6) is 0.324. The summed E-state index contributed by atoms with van der Waals surface area (Å²) in [6.45, 7) is 1.85. The Kier molecular flexibility index (Phi) is 4.21. The van der Waals surface area contributed by atoms with E-state index in [1.165, 1.54) is 18.4 Å². The van der Waals surface area contributed by atoms with E-state index in [9.17, 15) is 4.79 Å². The summed E-state index contributed by atoms with van der Waals surface area (Å²) in [7, 11) is 2.96. The molecule has 0 atom stereocenters. The van der Waals surface area contributed by atoms with Crippen molar-refractivity contribution in [1.82, 2.24) is 4.98 Å². The maximum atomic E-state index is 11.6. The van der Waals surface area contributed by atoms with Crippen LogP contribution >= 0.6 is 27.3 Å². The van der Waals surface area contributed by atoms with Crippen LogP contribution in [-0.4, -0.2) is 25.2 Å². The average molecular weight is 342 g/mol. The Morgan fingerprint density at radius 2 is 2.11 bits per heavy atom. The number of hydrogen-bond donors (Lipinski definition) is 0. The lowest BCUT2D eigenvalue weighted by Gasteiger charge is -2.04. The number of nitrogens with zero attached hydrogens (tertiary/aromatic N) is 1. The van der Waals surface area contributed by atoms with Crippen molar-refractivity contribution in [3.05, 3.63) is 33.2 Å². The lowest BCUT2D eigenvalue weighted by molar-refractivity contribution is 0.0594. The second kappa shape index (κ2) is 5.71. The number of benzene rings is 1. The maximum Gasteiger partial charge on any atom is 0.357 e. The second-order valence-corrected chi connectivity index (χ2v) is 5.82. The van der Waals surface area contributed by atoms with Crippen molar-refractivity contribution in [2.75, 3.05) is 14.2 Å². The van der Waals surface area contributed by atoms with Gasteiger partial charge in [0, 0.05) is 14.9 Å². The number of ether oxygens (including phenoxy) is 2. The predicted molar refractivity (Wildman–Crippen MR) is 77.9 cm³/mol. The van der Waals surface area contributed by atoms with Crippen molar-refractivity contribution < 1.29 is 14.3 Å². The third kappa shape index (κ3) is 2.79. The van der Waals surface area contributed by atoms with Crippen LogP contribution < -0.4 is 4.74 Å². The van der Waals surface area contributed by atoms with Gasteiger partial charge in [0.25, 0.3) is 0 Å². The summed E-state index contributed by atoms with van der Waals surface area (Å²) < 4.78 is 10.8. The molecule has 19 heavy (non-hydrogen) atoms. The van der Waals surface area contributed by atoms with Crippen molar-refractivity contribution in [3.63, 3.8) is 0 Å². The molecule has 2 rings (SSSR count). The highest BCUT2D eigenvalue weighted by Crippen LogP contribution is 2.35. The Labute approximate surface area is 123 Å². The number of carbonyl (C=O) groups is 1. The van der Waals surface area contributed by atoms with Gasteiger partial charge in [-0.15, -0.1) is 11.3 Å². The van der Waals surface area contributed by atoms with Gasteiger partial charge < -0.3 is 9.47 Å². The standard InChI is InChI=1S/C13H12BrNO3S/c1-7-11(13(16)18-3)15-12(19-7)9-6-8(17-2)4-5-10(9)14/h4-6H,1-3H3. The zero-order chi connectivity index (χ0) is 14.0. The van der Waals surface area contributed by atoms with Crippen molar-refractivity contribution >= 4 is 33.2 Å². The van der Waals surface area contributed by atoms with Crippen LogP contribution in [0.15, 0.2) is 22.7 Å². The fraction of sp³-hybridized carbons (Fsp3) is 0.231. The molecule has 0 saturated heterocycles. The number of methoxy groups -OCH3 is 2. The molecular weight excluding hydrogens is 330 g/mol. The molecule has 0 spiro atoms. The van der Waals surface area contributed by atoms with Gasteiger partial charge in [-0.2, -0.15) is 0 Å². The predicted octanol–water partition coefficient (Wildman–Crippen LogP) is 3.68. The maximum absolute atomic E-state index is 11.6. The summed E-state index contributed by atoms with van der Waals surface area (Å²) in [4.78, 5) is 16.7. The molecule has 0 aliphatic rings. The Balaban J connectivity index is 2.50. The summed E-state index contributed by atoms with van der Waals surface area (Å²) in [5.41, 5.74) is 1.25. The van der Waals surface area contributed by atoms with Crippen molar-refractivity contribution in [2.24, 2.45) is 0 Å². The van der Waals surface area contributed by atoms with Gasteiger partial charge in [-0.3, -0.25) is 0 Å². The lowest BCUT2D eigenvalue weighted by Crippen LogP contribution is -2.03. The van der Waals surface area contributed by atoms with E-state index in [4.69, 9.17) is 9.47 Å². The Bertz CT molecular complexity index is 624. The number of carbonyl (C=O) groups excluding carboxylic acids is 1. The van der Waals surface area contributed by atoms with Gasteiger partial charge in [0.2, 0.25) is 0 Å². The number of rotatable bonds is 3. The van der Waals surface area contributed by atoms with Gasteiger partial charge in [0.05, 0.1) is 14.2 Å². The van der Waals surface area contributed by atoms with Crippen LogP contribution in [0.25, 0.3) is 10.6 Å². The van der Waals surface area contributed by atoms with E-state index in [-0.39, 0.29) is 0 Å². The van der Waals surface area contributed by atoms with Crippen LogP contribution in [0.1, 0.15) is 15.4 Å². The number of aryl methyl sites for hydroxylation is 1. The van der Waals surface area contributed by atoms with Crippen LogP contribution in [-0.2, 0) is 4.74 Å². The van der Waals surface area contributed by atoms with E-state index >= 15 is 0 Å². The van der Waals surface area contributed by atoms with E-state index in [0.29, 0.717) is 5.69 Å². The lowest BCUT2D eigenvalue weighted by atomic mass is 10.2. The summed E-state index contributed by atoms with van der Waals surface area (Å²) in [6, 6.07) is 5.63. The van der Waals surface area contributed by atoms with Gasteiger partial charge in [-0.25, -0.2) is 9.78 Å². The number of hydrogen-bond acceptors (Lipinski definition) is 5. The normalized spacial score (nSPS) is 10.3. The van der Waals surface area contributed by atoms with Gasteiger partial charge >= 0.3 is 5.97 Å². The largest absolute Gasteiger partial charge is 0.497 e. The quantitative estimate of drug-likeness (QED) is 0.799. The Morgan fingerprint density at radius 1 is 1.37 bits per heavy atom. The number of thiazole rings is 1. The molecule has 0 aliphatic heterocycles. The monoisotopic (exact) mass is 341 g/mol. The topological polar surface area (TPSA) is 48.4 Å². The molecule has 6 heteroatoms. The zero-order valence-electron chi connectivity index (χ0n) is 10.7. The third-order valence-electron chi connectivity index (χ3n) is 2.58. The minimum atomic E-state index is -0.418. The molecule has 0 unspecified atom stereocenters. The van der Waals surface area contributed by atoms with Crippen LogP contribution in [0.2, 0.25) is 0 Å². The zero-order valence-corrected chi connectivity index (χ0v) is 13.1. The Hall–Kier alpha value is -1.40. The van der Waals surface area contributed by atoms with Crippen molar-refractivity contribution in [3.8, 4) is 16.3 Å². The third-order valence-corrected chi connectivity index (χ3v) is 4.27. The molecule has 1 heterocycles. The van der Waals surface area contributed by atoms with E-state index in [2.05, 4.69) is 20.9 Å². The van der Waals surface area contributed by atoms with Crippen LogP contribution in [0.3, 0.4) is 0 Å². The fourth-order valence-corrected chi connectivity index (χ4v) is 3.09. The number of aromatic nitrogens is 1. The van der Waals surface area contributed by atoms with Crippen LogP contribution in [0.4, 0.5) is 0 Å². The fourth-order valence-electron chi connectivity index (χ4n) is 1.59. The van der Waals surface area contributed by atoms with Crippen LogP contribution in [0.5, 0.6) is 5.75 Å². The van der Waals surface area contributed by atoms with Crippen LogP contribution in [0, 0.1) is 6.92 Å². The highest BCUT2D eigenvalue weighted by atomic mass is 79.9. The highest BCUT2D eigenvalue weighted by molar-refractivity contribution is 9.10. The summed E-state index contributed by atoms with van der Waals surface area (Å²) in [5, 5.41) is 0.753. The van der Waals surface area contributed by atoms with Gasteiger partial charge in [0.15, 0.2) is 5.69 Å². The molecule has 0 saturated carbocycles. The second-order valence-electron chi connectivity index (χ2n) is 3.76. The van der Waals surface area contributed by atoms with Gasteiger partial charge in [-0.1, -0.05) is 15.9 Å². The molecule has 1 aromatic carbocycles. The van der Waals surface area contributed by atoms with E-state index < -0.39 is 5.97 Å².